The number of ether oxygens (including phenoxy) is 3. The Morgan fingerprint density at radius 2 is 1.65 bits per heavy atom. The molecule has 1 aromatic carbocycles. The molecule has 2 rings (SSSR count). The maximum Gasteiger partial charge on any atom is 0.161 e. The fourth-order valence-corrected chi connectivity index (χ4v) is 2.77. The lowest BCUT2D eigenvalue weighted by Gasteiger charge is -2.34. The van der Waals surface area contributed by atoms with Crippen LogP contribution >= 0.6 is 0 Å². The first kappa shape index (κ1) is 18.0. The molecule has 0 radical (unpaired) electrons. The molecule has 0 aromatic heterocycles. The molecule has 0 unspecified atom stereocenters. The second-order valence-electron chi connectivity index (χ2n) is 5.64. The lowest BCUT2D eigenvalue weighted by atomic mass is 10.1. The number of aliphatic hydroxyl groups excluding tert-OH is 1. The van der Waals surface area contributed by atoms with Gasteiger partial charge in [0.05, 0.1) is 34.0 Å². The van der Waals surface area contributed by atoms with Gasteiger partial charge in [0.1, 0.15) is 0 Å². The lowest BCUT2D eigenvalue weighted by molar-refractivity contribution is 0.0563. The standard InChI is InChI=1S/C17H28N2O4/c1-21-16-4-3-15(13-17(16)22-2)14-19-7-5-18(6-8-19)9-11-23-12-10-20/h3-4,13,20H,5-12,14H2,1-2H3. The number of aliphatic hydroxyl groups is 1. The number of hydrogen-bond acceptors (Lipinski definition) is 6. The van der Waals surface area contributed by atoms with Crippen LogP contribution in [0.15, 0.2) is 18.2 Å². The summed E-state index contributed by atoms with van der Waals surface area (Å²) in [6.45, 7) is 7.28. The average Bonchev–Trinajstić information content (AvgIpc) is 2.60. The molecule has 130 valence electrons. The highest BCUT2D eigenvalue weighted by Gasteiger charge is 2.17. The summed E-state index contributed by atoms with van der Waals surface area (Å²) in [5.41, 5.74) is 1.24. The fourth-order valence-electron chi connectivity index (χ4n) is 2.77. The van der Waals surface area contributed by atoms with Gasteiger partial charge in [-0.1, -0.05) is 6.07 Å². The second kappa shape index (κ2) is 9.72. The molecule has 1 fully saturated rings. The molecular formula is C17H28N2O4. The van der Waals surface area contributed by atoms with Crippen LogP contribution in [-0.4, -0.2) is 81.7 Å². The molecule has 1 aromatic rings. The van der Waals surface area contributed by atoms with E-state index in [4.69, 9.17) is 19.3 Å². The van der Waals surface area contributed by atoms with Crippen LogP contribution in [0.3, 0.4) is 0 Å². The van der Waals surface area contributed by atoms with Crippen molar-refractivity contribution in [1.29, 1.82) is 0 Å². The molecule has 0 bridgehead atoms. The minimum atomic E-state index is 0.0963. The molecule has 1 aliphatic heterocycles. The molecule has 0 spiro atoms. The summed E-state index contributed by atoms with van der Waals surface area (Å²) in [7, 11) is 3.32. The summed E-state index contributed by atoms with van der Waals surface area (Å²) in [6, 6.07) is 6.10. The van der Waals surface area contributed by atoms with Crippen molar-refractivity contribution >= 4 is 0 Å². The van der Waals surface area contributed by atoms with Crippen LogP contribution in [0.4, 0.5) is 0 Å². The minimum Gasteiger partial charge on any atom is -0.493 e. The maximum atomic E-state index is 8.69. The van der Waals surface area contributed by atoms with E-state index in [0.717, 1.165) is 50.8 Å². The van der Waals surface area contributed by atoms with Gasteiger partial charge >= 0.3 is 0 Å². The number of rotatable bonds is 9. The van der Waals surface area contributed by atoms with Crippen molar-refractivity contribution in [1.82, 2.24) is 9.80 Å². The molecule has 23 heavy (non-hydrogen) atoms. The predicted octanol–water partition coefficient (Wildman–Crippen LogP) is 0.830. The molecule has 1 heterocycles. The first-order valence-electron chi connectivity index (χ1n) is 8.11. The van der Waals surface area contributed by atoms with E-state index in [1.807, 2.05) is 12.1 Å². The Hall–Kier alpha value is -1.34. The second-order valence-corrected chi connectivity index (χ2v) is 5.64. The van der Waals surface area contributed by atoms with Gasteiger partial charge in [-0.05, 0) is 17.7 Å². The van der Waals surface area contributed by atoms with Crippen LogP contribution in [0.5, 0.6) is 11.5 Å². The van der Waals surface area contributed by atoms with E-state index in [9.17, 15) is 0 Å². The van der Waals surface area contributed by atoms with Crippen molar-refractivity contribution in [2.24, 2.45) is 0 Å². The number of hydrogen-bond donors (Lipinski definition) is 1. The first-order valence-corrected chi connectivity index (χ1v) is 8.11. The summed E-state index contributed by atoms with van der Waals surface area (Å²) in [4.78, 5) is 4.86. The van der Waals surface area contributed by atoms with Gasteiger partial charge in [0.2, 0.25) is 0 Å². The van der Waals surface area contributed by atoms with E-state index in [1.165, 1.54) is 5.56 Å². The van der Waals surface area contributed by atoms with E-state index in [2.05, 4.69) is 15.9 Å². The Kier molecular flexibility index (Phi) is 7.61. The van der Waals surface area contributed by atoms with Crippen LogP contribution in [-0.2, 0) is 11.3 Å². The van der Waals surface area contributed by atoms with E-state index in [0.29, 0.717) is 13.2 Å². The highest BCUT2D eigenvalue weighted by Crippen LogP contribution is 2.28. The zero-order valence-corrected chi connectivity index (χ0v) is 14.2. The lowest BCUT2D eigenvalue weighted by Crippen LogP contribution is -2.46. The van der Waals surface area contributed by atoms with E-state index in [-0.39, 0.29) is 6.61 Å². The number of piperazine rings is 1. The topological polar surface area (TPSA) is 54.4 Å². The van der Waals surface area contributed by atoms with Gasteiger partial charge < -0.3 is 19.3 Å². The van der Waals surface area contributed by atoms with Crippen LogP contribution in [0.2, 0.25) is 0 Å². The van der Waals surface area contributed by atoms with E-state index >= 15 is 0 Å². The van der Waals surface area contributed by atoms with Crippen molar-refractivity contribution < 1.29 is 19.3 Å². The van der Waals surface area contributed by atoms with Gasteiger partial charge in [-0.25, -0.2) is 0 Å². The highest BCUT2D eigenvalue weighted by atomic mass is 16.5. The molecule has 0 saturated carbocycles. The number of methoxy groups -OCH3 is 2. The molecule has 1 aliphatic rings. The minimum absolute atomic E-state index is 0.0963. The Labute approximate surface area is 138 Å². The molecular weight excluding hydrogens is 296 g/mol. The van der Waals surface area contributed by atoms with E-state index < -0.39 is 0 Å². The zero-order chi connectivity index (χ0) is 16.5. The summed E-state index contributed by atoms with van der Waals surface area (Å²) in [5.74, 6) is 1.55. The third-order valence-corrected chi connectivity index (χ3v) is 4.11. The Balaban J connectivity index is 1.75. The molecule has 0 aliphatic carbocycles. The quantitative estimate of drug-likeness (QED) is 0.679. The summed E-state index contributed by atoms with van der Waals surface area (Å²) in [6.07, 6.45) is 0. The molecule has 6 heteroatoms. The third kappa shape index (κ3) is 5.66. The summed E-state index contributed by atoms with van der Waals surface area (Å²) in [5, 5.41) is 8.69. The van der Waals surface area contributed by atoms with Gasteiger partial charge in [0.25, 0.3) is 0 Å². The van der Waals surface area contributed by atoms with Gasteiger partial charge in [-0.2, -0.15) is 0 Å². The summed E-state index contributed by atoms with van der Waals surface area (Å²) < 4.78 is 16.0. The van der Waals surface area contributed by atoms with Crippen molar-refractivity contribution in [2.45, 2.75) is 6.54 Å². The first-order chi connectivity index (χ1) is 11.3. The fraction of sp³-hybridized carbons (Fsp3) is 0.647. The number of nitrogens with zero attached hydrogens (tertiary/aromatic N) is 2. The molecule has 1 N–H and O–H groups in total. The van der Waals surface area contributed by atoms with Gasteiger partial charge in [-0.3, -0.25) is 9.80 Å². The monoisotopic (exact) mass is 324 g/mol. The van der Waals surface area contributed by atoms with Gasteiger partial charge in [-0.15, -0.1) is 0 Å². The maximum absolute atomic E-state index is 8.69. The normalized spacial score (nSPS) is 16.5. The highest BCUT2D eigenvalue weighted by molar-refractivity contribution is 5.42. The average molecular weight is 324 g/mol. The Morgan fingerprint density at radius 3 is 2.30 bits per heavy atom. The van der Waals surface area contributed by atoms with Crippen LogP contribution < -0.4 is 9.47 Å². The third-order valence-electron chi connectivity index (χ3n) is 4.11. The van der Waals surface area contributed by atoms with Crippen molar-refractivity contribution in [3.63, 3.8) is 0 Å². The predicted molar refractivity (Wildman–Crippen MR) is 89.2 cm³/mol. The molecule has 0 amide bonds. The van der Waals surface area contributed by atoms with Gasteiger partial charge in [0, 0.05) is 39.3 Å². The van der Waals surface area contributed by atoms with Crippen LogP contribution in [0.25, 0.3) is 0 Å². The van der Waals surface area contributed by atoms with Gasteiger partial charge in [0.15, 0.2) is 11.5 Å². The van der Waals surface area contributed by atoms with Crippen molar-refractivity contribution in [3.8, 4) is 11.5 Å². The number of benzene rings is 1. The largest absolute Gasteiger partial charge is 0.493 e. The van der Waals surface area contributed by atoms with Crippen molar-refractivity contribution in [3.05, 3.63) is 23.8 Å². The van der Waals surface area contributed by atoms with Crippen molar-refractivity contribution in [2.75, 3.05) is 66.8 Å². The molecule has 6 nitrogen and oxygen atoms in total. The molecule has 0 atom stereocenters. The van der Waals surface area contributed by atoms with E-state index in [1.54, 1.807) is 14.2 Å². The molecule has 1 saturated heterocycles. The van der Waals surface area contributed by atoms with Crippen LogP contribution in [0.1, 0.15) is 5.56 Å². The zero-order valence-electron chi connectivity index (χ0n) is 14.2. The summed E-state index contributed by atoms with van der Waals surface area (Å²) >= 11 is 0. The SMILES string of the molecule is COc1ccc(CN2CCN(CCOCCO)CC2)cc1OC. The smallest absolute Gasteiger partial charge is 0.161 e. The Bertz CT molecular complexity index is 462. The van der Waals surface area contributed by atoms with Crippen LogP contribution in [0, 0.1) is 0 Å². The Morgan fingerprint density at radius 1 is 0.957 bits per heavy atom.